The number of benzene rings is 2. The first-order chi connectivity index (χ1) is 11.8. The van der Waals surface area contributed by atoms with Crippen LogP contribution in [0.15, 0.2) is 53.4 Å². The SMILES string of the molecule is CSc1ccccc1NC(=O)[C@H](C)N(c1ccccc1F)S(C)(=O)=O. The van der Waals surface area contributed by atoms with E-state index in [1.807, 2.05) is 18.4 Å². The van der Waals surface area contributed by atoms with Crippen molar-refractivity contribution in [2.75, 3.05) is 22.1 Å². The number of para-hydroxylation sites is 2. The summed E-state index contributed by atoms with van der Waals surface area (Å²) in [5, 5.41) is 2.71. The molecule has 0 saturated heterocycles. The summed E-state index contributed by atoms with van der Waals surface area (Å²) in [6.07, 6.45) is 2.82. The van der Waals surface area contributed by atoms with E-state index in [2.05, 4.69) is 5.32 Å². The minimum absolute atomic E-state index is 0.161. The number of nitrogens with zero attached hydrogens (tertiary/aromatic N) is 1. The molecule has 25 heavy (non-hydrogen) atoms. The predicted octanol–water partition coefficient (Wildman–Crippen LogP) is 3.34. The van der Waals surface area contributed by atoms with Crippen LogP contribution in [0.2, 0.25) is 0 Å². The topological polar surface area (TPSA) is 66.5 Å². The fourth-order valence-corrected chi connectivity index (χ4v) is 4.13. The van der Waals surface area contributed by atoms with Crippen LogP contribution in [0.4, 0.5) is 15.8 Å². The van der Waals surface area contributed by atoms with Gasteiger partial charge in [-0.25, -0.2) is 12.8 Å². The molecule has 2 aromatic carbocycles. The number of anilines is 2. The van der Waals surface area contributed by atoms with Gasteiger partial charge in [0, 0.05) is 4.90 Å². The first kappa shape index (κ1) is 19.3. The van der Waals surface area contributed by atoms with Gasteiger partial charge >= 0.3 is 0 Å². The predicted molar refractivity (Wildman–Crippen MR) is 100 cm³/mol. The van der Waals surface area contributed by atoms with Crippen molar-refractivity contribution < 1.29 is 17.6 Å². The number of carbonyl (C=O) groups is 1. The molecule has 2 rings (SSSR count). The van der Waals surface area contributed by atoms with Gasteiger partial charge in [-0.2, -0.15) is 0 Å². The Labute approximate surface area is 151 Å². The summed E-state index contributed by atoms with van der Waals surface area (Å²) >= 11 is 1.46. The summed E-state index contributed by atoms with van der Waals surface area (Å²) in [5.74, 6) is -1.26. The Bertz CT molecular complexity index is 872. The third-order valence-electron chi connectivity index (χ3n) is 3.54. The molecule has 0 fully saturated rings. The van der Waals surface area contributed by atoms with Crippen molar-refractivity contribution in [1.29, 1.82) is 0 Å². The molecule has 8 heteroatoms. The van der Waals surface area contributed by atoms with Crippen LogP contribution in [-0.2, 0) is 14.8 Å². The van der Waals surface area contributed by atoms with Crippen molar-refractivity contribution in [3.8, 4) is 0 Å². The van der Waals surface area contributed by atoms with Crippen LogP contribution >= 0.6 is 11.8 Å². The van der Waals surface area contributed by atoms with Gasteiger partial charge in [0.25, 0.3) is 0 Å². The second-order valence-corrected chi connectivity index (χ2v) is 8.08. The quantitative estimate of drug-likeness (QED) is 0.778. The van der Waals surface area contributed by atoms with Crippen LogP contribution in [0, 0.1) is 5.82 Å². The maximum Gasteiger partial charge on any atom is 0.248 e. The first-order valence-corrected chi connectivity index (χ1v) is 10.5. The van der Waals surface area contributed by atoms with Gasteiger partial charge in [-0.3, -0.25) is 9.10 Å². The van der Waals surface area contributed by atoms with Gasteiger partial charge in [-0.05, 0) is 37.4 Å². The average molecular weight is 382 g/mol. The van der Waals surface area contributed by atoms with E-state index in [1.54, 1.807) is 12.1 Å². The molecule has 0 aliphatic heterocycles. The zero-order chi connectivity index (χ0) is 18.6. The summed E-state index contributed by atoms with van der Waals surface area (Å²) in [7, 11) is -3.87. The molecular weight excluding hydrogens is 363 g/mol. The molecule has 0 aliphatic carbocycles. The van der Waals surface area contributed by atoms with Gasteiger partial charge in [-0.1, -0.05) is 24.3 Å². The molecule has 0 aromatic heterocycles. The lowest BCUT2D eigenvalue weighted by molar-refractivity contribution is -0.116. The van der Waals surface area contributed by atoms with Crippen LogP contribution in [0.1, 0.15) is 6.92 Å². The molecule has 2 aromatic rings. The summed E-state index contributed by atoms with van der Waals surface area (Å²) in [5.41, 5.74) is 0.416. The van der Waals surface area contributed by atoms with Gasteiger partial charge in [0.2, 0.25) is 15.9 Å². The Morgan fingerprint density at radius 3 is 2.36 bits per heavy atom. The molecule has 134 valence electrons. The number of halogens is 1. The molecule has 0 heterocycles. The van der Waals surface area contributed by atoms with E-state index >= 15 is 0 Å². The molecule has 0 radical (unpaired) electrons. The highest BCUT2D eigenvalue weighted by atomic mass is 32.2. The number of hydrogen-bond acceptors (Lipinski definition) is 4. The van der Waals surface area contributed by atoms with Gasteiger partial charge in [0.15, 0.2) is 0 Å². The number of rotatable bonds is 6. The fourth-order valence-electron chi connectivity index (χ4n) is 2.40. The van der Waals surface area contributed by atoms with E-state index in [1.165, 1.54) is 36.9 Å². The molecular formula is C17H19FN2O3S2. The zero-order valence-electron chi connectivity index (χ0n) is 14.1. The normalized spacial score (nSPS) is 12.5. The van der Waals surface area contributed by atoms with Crippen molar-refractivity contribution in [3.05, 3.63) is 54.3 Å². The van der Waals surface area contributed by atoms with Gasteiger partial charge in [0.05, 0.1) is 17.6 Å². The van der Waals surface area contributed by atoms with Crippen molar-refractivity contribution in [2.45, 2.75) is 17.9 Å². The zero-order valence-corrected chi connectivity index (χ0v) is 15.7. The first-order valence-electron chi connectivity index (χ1n) is 7.43. The Morgan fingerprint density at radius 1 is 1.16 bits per heavy atom. The van der Waals surface area contributed by atoms with Crippen molar-refractivity contribution in [2.24, 2.45) is 0 Å². The van der Waals surface area contributed by atoms with Gasteiger partial charge in [0.1, 0.15) is 11.9 Å². The summed E-state index contributed by atoms with van der Waals surface area (Å²) in [4.78, 5) is 13.5. The highest BCUT2D eigenvalue weighted by Crippen LogP contribution is 2.27. The molecule has 0 bridgehead atoms. The number of nitrogens with one attached hydrogen (secondary N) is 1. The van der Waals surface area contributed by atoms with E-state index in [0.29, 0.717) is 5.69 Å². The van der Waals surface area contributed by atoms with Crippen LogP contribution in [0.25, 0.3) is 0 Å². The van der Waals surface area contributed by atoms with Crippen LogP contribution in [0.5, 0.6) is 0 Å². The number of carbonyl (C=O) groups excluding carboxylic acids is 1. The fraction of sp³-hybridized carbons (Fsp3) is 0.235. The molecule has 1 N–H and O–H groups in total. The lowest BCUT2D eigenvalue weighted by atomic mass is 10.2. The van der Waals surface area contributed by atoms with Gasteiger partial charge in [-0.15, -0.1) is 11.8 Å². The largest absolute Gasteiger partial charge is 0.323 e. The van der Waals surface area contributed by atoms with Crippen molar-refractivity contribution >= 4 is 39.1 Å². The van der Waals surface area contributed by atoms with Gasteiger partial charge < -0.3 is 5.32 Å². The van der Waals surface area contributed by atoms with Crippen LogP contribution in [0.3, 0.4) is 0 Å². The molecule has 0 unspecified atom stereocenters. The Morgan fingerprint density at radius 2 is 1.76 bits per heavy atom. The number of thioether (sulfide) groups is 1. The lowest BCUT2D eigenvalue weighted by Gasteiger charge is -2.28. The summed E-state index contributed by atoms with van der Waals surface area (Å²) < 4.78 is 39.3. The molecule has 0 aliphatic rings. The smallest absolute Gasteiger partial charge is 0.248 e. The van der Waals surface area contributed by atoms with E-state index in [-0.39, 0.29) is 5.69 Å². The maximum absolute atomic E-state index is 14.1. The highest BCUT2D eigenvalue weighted by Gasteiger charge is 2.31. The van der Waals surface area contributed by atoms with Crippen LogP contribution in [-0.4, -0.2) is 32.9 Å². The monoisotopic (exact) mass is 382 g/mol. The lowest BCUT2D eigenvalue weighted by Crippen LogP contribution is -2.45. The molecule has 1 atom stereocenters. The maximum atomic E-state index is 14.1. The third kappa shape index (κ3) is 4.52. The summed E-state index contributed by atoms with van der Waals surface area (Å²) in [6.45, 7) is 1.42. The standard InChI is InChI=1S/C17H19FN2O3S2/c1-12(17(21)19-14-9-5-7-11-16(14)24-2)20(25(3,22)23)15-10-6-4-8-13(15)18/h4-12H,1-3H3,(H,19,21)/t12-/m0/s1. The molecule has 1 amide bonds. The van der Waals surface area contributed by atoms with E-state index < -0.39 is 27.8 Å². The van der Waals surface area contributed by atoms with Crippen molar-refractivity contribution in [3.63, 3.8) is 0 Å². The van der Waals surface area contributed by atoms with E-state index in [9.17, 15) is 17.6 Å². The number of amides is 1. The van der Waals surface area contributed by atoms with E-state index in [0.717, 1.165) is 21.5 Å². The Hall–Kier alpha value is -2.06. The van der Waals surface area contributed by atoms with Crippen LogP contribution < -0.4 is 9.62 Å². The second kappa shape index (κ2) is 7.88. The molecule has 5 nitrogen and oxygen atoms in total. The number of sulfonamides is 1. The summed E-state index contributed by atoms with van der Waals surface area (Å²) in [6, 6.07) is 11.5. The Balaban J connectivity index is 2.36. The van der Waals surface area contributed by atoms with E-state index in [4.69, 9.17) is 0 Å². The second-order valence-electron chi connectivity index (χ2n) is 5.38. The highest BCUT2D eigenvalue weighted by molar-refractivity contribution is 7.98. The average Bonchev–Trinajstić information content (AvgIpc) is 2.56. The molecule has 0 spiro atoms. The molecule has 0 saturated carbocycles. The number of hydrogen-bond donors (Lipinski definition) is 1. The van der Waals surface area contributed by atoms with Crippen molar-refractivity contribution in [1.82, 2.24) is 0 Å². The minimum Gasteiger partial charge on any atom is -0.323 e. The minimum atomic E-state index is -3.87. The third-order valence-corrected chi connectivity index (χ3v) is 5.57. The Kier molecular flexibility index (Phi) is 6.07.